The predicted octanol–water partition coefficient (Wildman–Crippen LogP) is 4.86. The molecule has 3 atom stereocenters. The van der Waals surface area contributed by atoms with Gasteiger partial charge in [-0.2, -0.15) is 0 Å². The van der Waals surface area contributed by atoms with Crippen molar-refractivity contribution in [1.29, 1.82) is 0 Å². The highest BCUT2D eigenvalue weighted by atomic mass is 16.5. The van der Waals surface area contributed by atoms with Gasteiger partial charge in [-0.1, -0.05) is 51.1 Å². The maximum absolute atomic E-state index is 13.6. The van der Waals surface area contributed by atoms with Crippen molar-refractivity contribution in [1.82, 2.24) is 4.90 Å². The number of methoxy groups -OCH3 is 2. The molecule has 154 valence electrons. The summed E-state index contributed by atoms with van der Waals surface area (Å²) in [6.07, 6.45) is 1.82. The van der Waals surface area contributed by atoms with Gasteiger partial charge in [0.15, 0.2) is 11.5 Å². The van der Waals surface area contributed by atoms with Gasteiger partial charge in [0.25, 0.3) is 0 Å². The molecule has 0 radical (unpaired) electrons. The van der Waals surface area contributed by atoms with Gasteiger partial charge in [-0.15, -0.1) is 0 Å². The Morgan fingerprint density at radius 2 is 1.76 bits per heavy atom. The summed E-state index contributed by atoms with van der Waals surface area (Å²) in [5.74, 6) is 2.37. The van der Waals surface area contributed by atoms with Crippen molar-refractivity contribution < 1.29 is 14.3 Å². The number of carbonyl (C=O) groups is 1. The second kappa shape index (κ2) is 7.40. The lowest BCUT2D eigenvalue weighted by Crippen LogP contribution is -2.42. The highest BCUT2D eigenvalue weighted by Gasteiger charge is 2.58. The molecule has 0 N–H and O–H groups in total. The van der Waals surface area contributed by atoms with Crippen LogP contribution >= 0.6 is 0 Å². The molecule has 1 fully saturated rings. The lowest BCUT2D eigenvalue weighted by Gasteiger charge is -2.39. The number of nitrogens with zero attached hydrogens (tertiary/aromatic N) is 1. The molecule has 1 amide bonds. The average molecular weight is 394 g/mol. The van der Waals surface area contributed by atoms with Crippen LogP contribution in [-0.4, -0.2) is 31.6 Å². The number of hydrogen-bond donors (Lipinski definition) is 0. The van der Waals surface area contributed by atoms with Crippen LogP contribution < -0.4 is 9.47 Å². The van der Waals surface area contributed by atoms with Crippen LogP contribution in [0.5, 0.6) is 11.5 Å². The van der Waals surface area contributed by atoms with Crippen molar-refractivity contribution in [2.24, 2.45) is 17.3 Å². The fourth-order valence-corrected chi connectivity index (χ4v) is 4.77. The molecular weight excluding hydrogens is 362 g/mol. The maximum Gasteiger partial charge on any atom is 0.227 e. The van der Waals surface area contributed by atoms with E-state index in [1.807, 2.05) is 18.2 Å². The number of ether oxygens (including phenoxy) is 2. The van der Waals surface area contributed by atoms with E-state index in [2.05, 4.69) is 49.9 Å². The summed E-state index contributed by atoms with van der Waals surface area (Å²) in [4.78, 5) is 15.7. The fraction of sp³-hybridized carbons (Fsp3) is 0.480. The summed E-state index contributed by atoms with van der Waals surface area (Å²) >= 11 is 0. The van der Waals surface area contributed by atoms with E-state index in [9.17, 15) is 4.79 Å². The summed E-state index contributed by atoms with van der Waals surface area (Å²) < 4.78 is 11.1. The van der Waals surface area contributed by atoms with Crippen LogP contribution in [0.15, 0.2) is 42.5 Å². The van der Waals surface area contributed by atoms with E-state index in [0.29, 0.717) is 11.7 Å². The SMILES string of the molecule is COc1cc2c(cc1OC)C(c1ccccc1)N(C(=O)C1CC1(C)C(C)C)CC2. The van der Waals surface area contributed by atoms with Gasteiger partial charge in [-0.05, 0) is 53.0 Å². The molecule has 2 aromatic carbocycles. The molecule has 2 aromatic rings. The molecular formula is C25H31NO3. The third kappa shape index (κ3) is 3.29. The standard InChI is InChI=1S/C25H31NO3/c1-16(2)25(3)15-20(25)24(27)26-12-11-18-13-21(28-4)22(29-5)14-19(18)23(26)17-9-7-6-8-10-17/h6-10,13-14,16,20,23H,11-12,15H2,1-5H3. The van der Waals surface area contributed by atoms with E-state index >= 15 is 0 Å². The van der Waals surface area contributed by atoms with Crippen LogP contribution in [0.25, 0.3) is 0 Å². The van der Waals surface area contributed by atoms with Gasteiger partial charge in [0, 0.05) is 12.5 Å². The van der Waals surface area contributed by atoms with E-state index in [4.69, 9.17) is 9.47 Å². The molecule has 0 aromatic heterocycles. The van der Waals surface area contributed by atoms with Crippen LogP contribution in [-0.2, 0) is 11.2 Å². The van der Waals surface area contributed by atoms with Gasteiger partial charge in [-0.25, -0.2) is 0 Å². The van der Waals surface area contributed by atoms with Crippen molar-refractivity contribution in [2.45, 2.75) is 39.7 Å². The lowest BCUT2D eigenvalue weighted by molar-refractivity contribution is -0.135. The van der Waals surface area contributed by atoms with Crippen LogP contribution in [0.1, 0.15) is 49.9 Å². The molecule has 0 bridgehead atoms. The molecule has 2 aliphatic rings. The molecule has 1 aliphatic carbocycles. The molecule has 0 spiro atoms. The molecule has 4 heteroatoms. The third-order valence-corrected chi connectivity index (χ3v) is 7.17. The van der Waals surface area contributed by atoms with Crippen molar-refractivity contribution in [2.75, 3.05) is 20.8 Å². The van der Waals surface area contributed by atoms with Crippen LogP contribution in [0.3, 0.4) is 0 Å². The van der Waals surface area contributed by atoms with E-state index in [0.717, 1.165) is 36.3 Å². The van der Waals surface area contributed by atoms with Crippen LogP contribution in [0, 0.1) is 17.3 Å². The van der Waals surface area contributed by atoms with Gasteiger partial charge in [-0.3, -0.25) is 4.79 Å². The predicted molar refractivity (Wildman–Crippen MR) is 114 cm³/mol. The molecule has 4 rings (SSSR count). The van der Waals surface area contributed by atoms with E-state index in [-0.39, 0.29) is 23.3 Å². The first-order valence-corrected chi connectivity index (χ1v) is 10.5. The van der Waals surface area contributed by atoms with E-state index in [1.165, 1.54) is 5.56 Å². The monoisotopic (exact) mass is 393 g/mol. The Morgan fingerprint density at radius 3 is 2.34 bits per heavy atom. The lowest BCUT2D eigenvalue weighted by atomic mass is 9.86. The van der Waals surface area contributed by atoms with Crippen LogP contribution in [0.2, 0.25) is 0 Å². The summed E-state index contributed by atoms with van der Waals surface area (Å²) in [6, 6.07) is 14.4. The average Bonchev–Trinajstić information content (AvgIpc) is 3.45. The first kappa shape index (κ1) is 19.8. The Morgan fingerprint density at radius 1 is 1.10 bits per heavy atom. The van der Waals surface area contributed by atoms with Gasteiger partial charge in [0.05, 0.1) is 20.3 Å². The van der Waals surface area contributed by atoms with E-state index < -0.39 is 0 Å². The number of rotatable bonds is 5. The quantitative estimate of drug-likeness (QED) is 0.728. The molecule has 1 aliphatic heterocycles. The fourth-order valence-electron chi connectivity index (χ4n) is 4.77. The Labute approximate surface area is 173 Å². The minimum Gasteiger partial charge on any atom is -0.493 e. The second-order valence-corrected chi connectivity index (χ2v) is 8.92. The van der Waals surface area contributed by atoms with Crippen molar-refractivity contribution in [3.8, 4) is 11.5 Å². The molecule has 0 saturated heterocycles. The third-order valence-electron chi connectivity index (χ3n) is 7.17. The van der Waals surface area contributed by atoms with Crippen LogP contribution in [0.4, 0.5) is 0 Å². The number of carbonyl (C=O) groups excluding carboxylic acids is 1. The number of amides is 1. The normalized spacial score (nSPS) is 25.5. The second-order valence-electron chi connectivity index (χ2n) is 8.92. The number of hydrogen-bond acceptors (Lipinski definition) is 3. The van der Waals surface area contributed by atoms with Gasteiger partial charge >= 0.3 is 0 Å². The van der Waals surface area contributed by atoms with Crippen molar-refractivity contribution in [3.63, 3.8) is 0 Å². The zero-order valence-corrected chi connectivity index (χ0v) is 18.1. The molecule has 3 unspecified atom stereocenters. The summed E-state index contributed by atoms with van der Waals surface area (Å²) in [7, 11) is 3.32. The smallest absolute Gasteiger partial charge is 0.227 e. The zero-order valence-electron chi connectivity index (χ0n) is 18.1. The summed E-state index contributed by atoms with van der Waals surface area (Å²) in [6.45, 7) is 7.43. The largest absolute Gasteiger partial charge is 0.493 e. The minimum atomic E-state index is -0.0933. The number of benzene rings is 2. The Bertz CT molecular complexity index is 908. The summed E-state index contributed by atoms with van der Waals surface area (Å²) in [5, 5.41) is 0. The van der Waals surface area contributed by atoms with Gasteiger partial charge in [0.2, 0.25) is 5.91 Å². The molecule has 29 heavy (non-hydrogen) atoms. The van der Waals surface area contributed by atoms with E-state index in [1.54, 1.807) is 14.2 Å². The first-order valence-electron chi connectivity index (χ1n) is 10.5. The molecule has 1 heterocycles. The highest BCUT2D eigenvalue weighted by molar-refractivity contribution is 5.84. The zero-order chi connectivity index (χ0) is 20.8. The highest BCUT2D eigenvalue weighted by Crippen LogP contribution is 2.59. The summed E-state index contributed by atoms with van der Waals surface area (Å²) in [5.41, 5.74) is 3.63. The Hall–Kier alpha value is -2.49. The Kier molecular flexibility index (Phi) is 5.05. The molecule has 1 saturated carbocycles. The van der Waals surface area contributed by atoms with Gasteiger partial charge in [0.1, 0.15) is 0 Å². The minimum absolute atomic E-state index is 0.0933. The number of fused-ring (bicyclic) bond motifs is 1. The van der Waals surface area contributed by atoms with Gasteiger partial charge < -0.3 is 14.4 Å². The Balaban J connectivity index is 1.77. The topological polar surface area (TPSA) is 38.8 Å². The first-order chi connectivity index (χ1) is 13.9. The molecule has 4 nitrogen and oxygen atoms in total. The van der Waals surface area contributed by atoms with Crippen molar-refractivity contribution in [3.05, 3.63) is 59.2 Å². The maximum atomic E-state index is 13.6. The van der Waals surface area contributed by atoms with Crippen molar-refractivity contribution >= 4 is 5.91 Å².